The number of amides is 1. The van der Waals surface area contributed by atoms with Crippen molar-refractivity contribution in [2.24, 2.45) is 5.92 Å². The van der Waals surface area contributed by atoms with E-state index < -0.39 is 0 Å². The molecule has 0 aromatic carbocycles. The molecule has 1 unspecified atom stereocenters. The fraction of sp³-hybridized carbons (Fsp3) is 0.550. The zero-order chi connectivity index (χ0) is 18.6. The zero-order valence-electron chi connectivity index (χ0n) is 15.5. The number of hydrogen-bond acceptors (Lipinski definition) is 5. The molecule has 1 atom stereocenters. The number of rotatable bonds is 5. The maximum absolute atomic E-state index is 12.1. The number of H-pyrrole nitrogens is 1. The number of fused-ring (bicyclic) bond motifs is 1. The van der Waals surface area contributed by atoms with Crippen molar-refractivity contribution in [3.63, 3.8) is 0 Å². The van der Waals surface area contributed by atoms with Gasteiger partial charge in [0.25, 0.3) is 0 Å². The number of hydrogen-bond donors (Lipinski definition) is 2. The van der Waals surface area contributed by atoms with Gasteiger partial charge in [-0.15, -0.1) is 0 Å². The van der Waals surface area contributed by atoms with E-state index in [2.05, 4.69) is 25.9 Å². The van der Waals surface area contributed by atoms with Crippen LogP contribution in [0, 0.1) is 5.92 Å². The Morgan fingerprint density at radius 3 is 2.89 bits per heavy atom. The Balaban J connectivity index is 1.50. The lowest BCUT2D eigenvalue weighted by molar-refractivity contribution is -0.133. The summed E-state index contributed by atoms with van der Waals surface area (Å²) in [7, 11) is 0. The van der Waals surface area contributed by atoms with Crippen molar-refractivity contribution < 1.29 is 9.90 Å². The molecule has 2 N–H and O–H groups in total. The second kappa shape index (κ2) is 8.19. The highest BCUT2D eigenvalue weighted by atomic mass is 16.3. The van der Waals surface area contributed by atoms with Gasteiger partial charge in [-0.3, -0.25) is 14.7 Å². The van der Waals surface area contributed by atoms with Crippen LogP contribution in [-0.2, 0) is 17.8 Å². The average molecular weight is 369 g/mol. The van der Waals surface area contributed by atoms with Crippen LogP contribution in [0.5, 0.6) is 0 Å². The number of carbonyl (C=O) groups is 1. The number of piperidine rings is 1. The van der Waals surface area contributed by atoms with Gasteiger partial charge in [0.2, 0.25) is 5.91 Å². The molecule has 0 saturated carbocycles. The lowest BCUT2D eigenvalue weighted by Gasteiger charge is -2.43. The van der Waals surface area contributed by atoms with Gasteiger partial charge in [-0.2, -0.15) is 0 Å². The van der Waals surface area contributed by atoms with Crippen LogP contribution in [0.1, 0.15) is 42.3 Å². The van der Waals surface area contributed by atoms with Gasteiger partial charge < -0.3 is 15.0 Å². The molecule has 2 aromatic rings. The van der Waals surface area contributed by atoms with Crippen molar-refractivity contribution in [1.29, 1.82) is 0 Å². The summed E-state index contributed by atoms with van der Waals surface area (Å²) < 4.78 is 0. The highest BCUT2D eigenvalue weighted by molar-refractivity contribution is 5.76. The van der Waals surface area contributed by atoms with Gasteiger partial charge in [-0.05, 0) is 30.4 Å². The topological polar surface area (TPSA) is 85.3 Å². The van der Waals surface area contributed by atoms with E-state index in [4.69, 9.17) is 5.11 Å². The molecule has 4 rings (SSSR count). The van der Waals surface area contributed by atoms with E-state index in [-0.39, 0.29) is 25.0 Å². The zero-order valence-corrected chi connectivity index (χ0v) is 15.5. The highest BCUT2D eigenvalue weighted by Crippen LogP contribution is 2.39. The molecule has 7 nitrogen and oxygen atoms in total. The molecule has 7 heteroatoms. The van der Waals surface area contributed by atoms with Crippen molar-refractivity contribution >= 4 is 5.91 Å². The first-order valence-electron chi connectivity index (χ1n) is 9.80. The third kappa shape index (κ3) is 3.89. The summed E-state index contributed by atoms with van der Waals surface area (Å²) in [4.78, 5) is 28.7. The Hall–Kier alpha value is -2.25. The van der Waals surface area contributed by atoms with Crippen LogP contribution in [0.25, 0.3) is 0 Å². The van der Waals surface area contributed by atoms with Gasteiger partial charge >= 0.3 is 0 Å². The summed E-state index contributed by atoms with van der Waals surface area (Å²) in [6.45, 7) is 3.32. The molecule has 0 spiro atoms. The van der Waals surface area contributed by atoms with Gasteiger partial charge in [0.15, 0.2) is 0 Å². The molecule has 0 bridgehead atoms. The number of carbonyl (C=O) groups excluding carboxylic acids is 1. The maximum Gasteiger partial charge on any atom is 0.224 e. The van der Waals surface area contributed by atoms with Gasteiger partial charge in [0, 0.05) is 57.1 Å². The van der Waals surface area contributed by atoms with Crippen LogP contribution in [-0.4, -0.2) is 62.0 Å². The number of pyridine rings is 1. The molecular formula is C20H27N5O2. The summed E-state index contributed by atoms with van der Waals surface area (Å²) in [5.74, 6) is 0.537. The molecule has 0 aliphatic carbocycles. The number of aliphatic hydroxyl groups is 1. The van der Waals surface area contributed by atoms with Crippen molar-refractivity contribution in [2.75, 3.05) is 26.2 Å². The Kier molecular flexibility index (Phi) is 5.50. The standard InChI is InChI=1S/C20H27N5O2/c26-11-6-18(27)24-8-3-16(4-9-24)20-19-17(22-14-23-19)5-10-25(20)13-15-2-1-7-21-12-15/h1-2,7,12,14,16,20,26H,3-6,8-11,13H2,(H,22,23). The van der Waals surface area contributed by atoms with Crippen LogP contribution in [0.2, 0.25) is 0 Å². The lowest BCUT2D eigenvalue weighted by atomic mass is 9.83. The van der Waals surface area contributed by atoms with E-state index >= 15 is 0 Å². The normalized spacial score (nSPS) is 21.2. The number of nitrogens with one attached hydrogen (secondary N) is 1. The molecule has 1 amide bonds. The van der Waals surface area contributed by atoms with Crippen LogP contribution in [0.4, 0.5) is 0 Å². The molecule has 4 heterocycles. The van der Waals surface area contributed by atoms with Crippen LogP contribution >= 0.6 is 0 Å². The molecule has 1 saturated heterocycles. The van der Waals surface area contributed by atoms with Crippen LogP contribution in [0.15, 0.2) is 30.9 Å². The third-order valence-corrected chi connectivity index (χ3v) is 5.85. The Morgan fingerprint density at radius 1 is 1.30 bits per heavy atom. The number of likely N-dealkylation sites (tertiary alicyclic amines) is 1. The molecule has 144 valence electrons. The van der Waals surface area contributed by atoms with Crippen molar-refractivity contribution in [3.05, 3.63) is 47.8 Å². The summed E-state index contributed by atoms with van der Waals surface area (Å²) in [5, 5.41) is 9.01. The van der Waals surface area contributed by atoms with E-state index in [1.807, 2.05) is 29.7 Å². The molecule has 0 radical (unpaired) electrons. The van der Waals surface area contributed by atoms with E-state index in [1.54, 1.807) is 0 Å². The van der Waals surface area contributed by atoms with Crippen molar-refractivity contribution in [2.45, 2.75) is 38.3 Å². The minimum atomic E-state index is -0.0725. The number of imidazole rings is 1. The van der Waals surface area contributed by atoms with E-state index in [9.17, 15) is 4.79 Å². The maximum atomic E-state index is 12.1. The molecular weight excluding hydrogens is 342 g/mol. The monoisotopic (exact) mass is 369 g/mol. The first kappa shape index (κ1) is 18.1. The summed E-state index contributed by atoms with van der Waals surface area (Å²) in [6.07, 6.45) is 8.71. The van der Waals surface area contributed by atoms with E-state index in [1.165, 1.54) is 17.0 Å². The van der Waals surface area contributed by atoms with E-state index in [0.29, 0.717) is 5.92 Å². The molecule has 1 fully saturated rings. The number of aliphatic hydroxyl groups excluding tert-OH is 1. The predicted octanol–water partition coefficient (Wildman–Crippen LogP) is 1.53. The smallest absolute Gasteiger partial charge is 0.224 e. The largest absolute Gasteiger partial charge is 0.396 e. The Bertz CT molecular complexity index is 755. The number of aromatic nitrogens is 3. The minimum Gasteiger partial charge on any atom is -0.396 e. The summed E-state index contributed by atoms with van der Waals surface area (Å²) >= 11 is 0. The van der Waals surface area contributed by atoms with Crippen LogP contribution < -0.4 is 0 Å². The molecule has 27 heavy (non-hydrogen) atoms. The second-order valence-corrected chi connectivity index (χ2v) is 7.48. The average Bonchev–Trinajstić information content (AvgIpc) is 3.18. The molecule has 2 aliphatic heterocycles. The quantitative estimate of drug-likeness (QED) is 0.835. The first-order chi connectivity index (χ1) is 13.3. The molecule has 2 aromatic heterocycles. The van der Waals surface area contributed by atoms with E-state index in [0.717, 1.165) is 45.4 Å². The Labute approximate surface area is 159 Å². The van der Waals surface area contributed by atoms with Crippen LogP contribution in [0.3, 0.4) is 0 Å². The Morgan fingerprint density at radius 2 is 2.15 bits per heavy atom. The minimum absolute atomic E-state index is 0.0623. The molecule has 2 aliphatic rings. The van der Waals surface area contributed by atoms with Crippen molar-refractivity contribution in [3.8, 4) is 0 Å². The second-order valence-electron chi connectivity index (χ2n) is 7.48. The van der Waals surface area contributed by atoms with Gasteiger partial charge in [-0.1, -0.05) is 6.07 Å². The lowest BCUT2D eigenvalue weighted by Crippen LogP contribution is -2.45. The fourth-order valence-electron chi connectivity index (χ4n) is 4.50. The number of nitrogens with zero attached hydrogens (tertiary/aromatic N) is 4. The predicted molar refractivity (Wildman–Crippen MR) is 101 cm³/mol. The van der Waals surface area contributed by atoms with Gasteiger partial charge in [-0.25, -0.2) is 4.98 Å². The number of aromatic amines is 1. The highest BCUT2D eigenvalue weighted by Gasteiger charge is 2.37. The van der Waals surface area contributed by atoms with Gasteiger partial charge in [0.1, 0.15) is 0 Å². The van der Waals surface area contributed by atoms with Gasteiger partial charge in [0.05, 0.1) is 24.7 Å². The fourth-order valence-corrected chi connectivity index (χ4v) is 4.50. The van der Waals surface area contributed by atoms with Crippen molar-refractivity contribution in [1.82, 2.24) is 24.8 Å². The first-order valence-corrected chi connectivity index (χ1v) is 9.80. The SMILES string of the molecule is O=C(CCO)N1CCC(C2c3nc[nH]c3CCN2Cc2cccnc2)CC1. The summed E-state index contributed by atoms with van der Waals surface area (Å²) in [6, 6.07) is 4.38. The third-order valence-electron chi connectivity index (χ3n) is 5.85. The summed E-state index contributed by atoms with van der Waals surface area (Å²) in [5.41, 5.74) is 3.64.